The van der Waals surface area contributed by atoms with Gasteiger partial charge in [0.05, 0.1) is 11.3 Å². The SMILES string of the molecule is Cc1ccc(SC2C(=O)CC(c3ccc(C)cc3)NC2c2ccc(C)cc2)cc1. The molecule has 29 heavy (non-hydrogen) atoms. The third kappa shape index (κ3) is 4.63. The Morgan fingerprint density at radius 2 is 1.21 bits per heavy atom. The quantitative estimate of drug-likeness (QED) is 0.571. The van der Waals surface area contributed by atoms with Crippen molar-refractivity contribution in [2.24, 2.45) is 0 Å². The fourth-order valence-electron chi connectivity index (χ4n) is 3.82. The van der Waals surface area contributed by atoms with Crippen molar-refractivity contribution in [2.45, 2.75) is 49.4 Å². The monoisotopic (exact) mass is 401 g/mol. The number of hydrogen-bond acceptors (Lipinski definition) is 3. The van der Waals surface area contributed by atoms with Gasteiger partial charge >= 0.3 is 0 Å². The number of aryl methyl sites for hydroxylation is 3. The Labute approximate surface area is 177 Å². The highest BCUT2D eigenvalue weighted by Crippen LogP contribution is 2.40. The first kappa shape index (κ1) is 19.9. The number of rotatable bonds is 4. The molecule has 1 saturated heterocycles. The largest absolute Gasteiger partial charge is 0.301 e. The van der Waals surface area contributed by atoms with Crippen LogP contribution in [0.15, 0.2) is 77.7 Å². The summed E-state index contributed by atoms with van der Waals surface area (Å²) in [4.78, 5) is 14.4. The lowest BCUT2D eigenvalue weighted by atomic mass is 9.88. The number of nitrogens with one attached hydrogen (secondary N) is 1. The van der Waals surface area contributed by atoms with Crippen LogP contribution >= 0.6 is 11.8 Å². The first-order valence-corrected chi connectivity index (χ1v) is 11.0. The maximum Gasteiger partial charge on any atom is 0.150 e. The molecular formula is C26H27NOS. The summed E-state index contributed by atoms with van der Waals surface area (Å²) in [5.41, 5.74) is 6.05. The molecule has 3 aromatic rings. The van der Waals surface area contributed by atoms with Gasteiger partial charge in [-0.25, -0.2) is 0 Å². The maximum atomic E-state index is 13.3. The summed E-state index contributed by atoms with van der Waals surface area (Å²) in [7, 11) is 0. The molecule has 1 aliphatic rings. The number of benzene rings is 3. The van der Waals surface area contributed by atoms with Crippen LogP contribution in [0.1, 0.15) is 46.3 Å². The van der Waals surface area contributed by atoms with Gasteiger partial charge in [0.25, 0.3) is 0 Å². The Morgan fingerprint density at radius 3 is 1.76 bits per heavy atom. The number of piperidine rings is 1. The summed E-state index contributed by atoms with van der Waals surface area (Å²) in [5, 5.41) is 3.66. The van der Waals surface area contributed by atoms with Gasteiger partial charge in [-0.15, -0.1) is 11.8 Å². The van der Waals surface area contributed by atoms with E-state index in [1.165, 1.54) is 27.8 Å². The minimum Gasteiger partial charge on any atom is -0.301 e. The first-order chi connectivity index (χ1) is 14.0. The van der Waals surface area contributed by atoms with Gasteiger partial charge in [0.2, 0.25) is 0 Å². The van der Waals surface area contributed by atoms with E-state index >= 15 is 0 Å². The van der Waals surface area contributed by atoms with E-state index in [1.54, 1.807) is 11.8 Å². The minimum absolute atomic E-state index is 0.0190. The van der Waals surface area contributed by atoms with E-state index in [-0.39, 0.29) is 17.3 Å². The van der Waals surface area contributed by atoms with Crippen molar-refractivity contribution in [3.05, 3.63) is 101 Å². The molecule has 148 valence electrons. The van der Waals surface area contributed by atoms with Crippen molar-refractivity contribution in [1.82, 2.24) is 5.32 Å². The number of ketones is 1. The van der Waals surface area contributed by atoms with Crippen molar-refractivity contribution in [2.75, 3.05) is 0 Å². The number of Topliss-reactive ketones (excluding diaryl/α,β-unsaturated/α-hetero) is 1. The summed E-state index contributed by atoms with van der Waals surface area (Å²) >= 11 is 1.68. The van der Waals surface area contributed by atoms with Crippen LogP contribution in [-0.2, 0) is 4.79 Å². The fraction of sp³-hybridized carbons (Fsp3) is 0.269. The molecular weight excluding hydrogens is 374 g/mol. The highest BCUT2D eigenvalue weighted by Gasteiger charge is 2.38. The molecule has 3 aromatic carbocycles. The van der Waals surface area contributed by atoms with E-state index < -0.39 is 0 Å². The molecule has 1 N–H and O–H groups in total. The van der Waals surface area contributed by atoms with Crippen LogP contribution in [0, 0.1) is 20.8 Å². The van der Waals surface area contributed by atoms with Gasteiger partial charge in [-0.2, -0.15) is 0 Å². The maximum absolute atomic E-state index is 13.3. The first-order valence-electron chi connectivity index (χ1n) is 10.1. The molecule has 3 unspecified atom stereocenters. The summed E-state index contributed by atoms with van der Waals surface area (Å²) < 4.78 is 0. The molecule has 2 nitrogen and oxygen atoms in total. The normalized spacial score (nSPS) is 21.9. The zero-order chi connectivity index (χ0) is 20.4. The Balaban J connectivity index is 1.65. The Kier molecular flexibility index (Phi) is 5.89. The lowest BCUT2D eigenvalue weighted by Gasteiger charge is -2.37. The van der Waals surface area contributed by atoms with Crippen molar-refractivity contribution in [3.8, 4) is 0 Å². The van der Waals surface area contributed by atoms with Gasteiger partial charge in [0.1, 0.15) is 5.78 Å². The molecule has 3 atom stereocenters. The van der Waals surface area contributed by atoms with Crippen LogP contribution in [-0.4, -0.2) is 11.0 Å². The van der Waals surface area contributed by atoms with E-state index in [1.807, 2.05) is 0 Å². The van der Waals surface area contributed by atoms with E-state index in [2.05, 4.69) is 98.9 Å². The fourth-order valence-corrected chi connectivity index (χ4v) is 5.01. The summed E-state index contributed by atoms with van der Waals surface area (Å²) in [6.45, 7) is 6.27. The topological polar surface area (TPSA) is 29.1 Å². The van der Waals surface area contributed by atoms with Crippen molar-refractivity contribution < 1.29 is 4.79 Å². The Morgan fingerprint density at radius 1 is 0.724 bits per heavy atom. The van der Waals surface area contributed by atoms with E-state index in [4.69, 9.17) is 0 Å². The molecule has 0 bridgehead atoms. The van der Waals surface area contributed by atoms with Gasteiger partial charge in [-0.05, 0) is 44.0 Å². The minimum atomic E-state index is -0.137. The molecule has 1 aliphatic heterocycles. The summed E-state index contributed by atoms with van der Waals surface area (Å²) in [5.74, 6) is 0.311. The molecule has 0 amide bonds. The highest BCUT2D eigenvalue weighted by molar-refractivity contribution is 8.00. The molecule has 1 heterocycles. The second-order valence-corrected chi connectivity index (χ2v) is 9.26. The predicted molar refractivity (Wildman–Crippen MR) is 121 cm³/mol. The van der Waals surface area contributed by atoms with Gasteiger partial charge in [0, 0.05) is 17.4 Å². The second-order valence-electron chi connectivity index (χ2n) is 8.04. The van der Waals surface area contributed by atoms with Crippen LogP contribution < -0.4 is 5.32 Å². The van der Waals surface area contributed by atoms with Crippen molar-refractivity contribution >= 4 is 17.5 Å². The van der Waals surface area contributed by atoms with Crippen molar-refractivity contribution in [1.29, 1.82) is 0 Å². The molecule has 0 aliphatic carbocycles. The average molecular weight is 402 g/mol. The average Bonchev–Trinajstić information content (AvgIpc) is 2.72. The third-order valence-corrected chi connectivity index (χ3v) is 6.94. The van der Waals surface area contributed by atoms with Crippen molar-refractivity contribution in [3.63, 3.8) is 0 Å². The van der Waals surface area contributed by atoms with Gasteiger partial charge < -0.3 is 5.32 Å². The highest BCUT2D eigenvalue weighted by atomic mass is 32.2. The summed E-state index contributed by atoms with van der Waals surface area (Å²) in [6, 6.07) is 25.6. The van der Waals surface area contributed by atoms with E-state index in [0.717, 1.165) is 4.90 Å². The van der Waals surface area contributed by atoms with Gasteiger partial charge in [-0.1, -0.05) is 77.4 Å². The number of thioether (sulfide) groups is 1. The zero-order valence-electron chi connectivity index (χ0n) is 17.2. The molecule has 0 radical (unpaired) electrons. The van der Waals surface area contributed by atoms with Crippen LogP contribution in [0.25, 0.3) is 0 Å². The van der Waals surface area contributed by atoms with E-state index in [0.29, 0.717) is 12.2 Å². The number of carbonyl (C=O) groups is 1. The molecule has 0 saturated carbocycles. The zero-order valence-corrected chi connectivity index (χ0v) is 18.0. The molecule has 0 spiro atoms. The predicted octanol–water partition coefficient (Wildman–Crippen LogP) is 6.12. The van der Waals surface area contributed by atoms with Gasteiger partial charge in [-0.3, -0.25) is 4.79 Å². The Hall–Kier alpha value is -2.36. The lowest BCUT2D eigenvalue weighted by Crippen LogP contribution is -2.44. The third-order valence-electron chi connectivity index (χ3n) is 5.61. The lowest BCUT2D eigenvalue weighted by molar-refractivity contribution is -0.121. The Bertz CT molecular complexity index is 977. The number of carbonyl (C=O) groups excluding carboxylic acids is 1. The molecule has 4 rings (SSSR count). The van der Waals surface area contributed by atoms with E-state index in [9.17, 15) is 4.79 Å². The molecule has 1 fully saturated rings. The summed E-state index contributed by atoms with van der Waals surface area (Å²) in [6.07, 6.45) is 0.523. The van der Waals surface area contributed by atoms with Crippen LogP contribution in [0.3, 0.4) is 0 Å². The smallest absolute Gasteiger partial charge is 0.150 e. The van der Waals surface area contributed by atoms with Gasteiger partial charge in [0.15, 0.2) is 0 Å². The second kappa shape index (κ2) is 8.56. The van der Waals surface area contributed by atoms with Crippen LogP contribution in [0.5, 0.6) is 0 Å². The standard InChI is InChI=1S/C26H27NOS/c1-17-4-10-20(11-5-17)23-16-24(28)26(29-22-14-8-19(3)9-15-22)25(27-23)21-12-6-18(2)7-13-21/h4-15,23,25-27H,16H2,1-3H3. The molecule has 3 heteroatoms. The van der Waals surface area contributed by atoms with Crippen LogP contribution in [0.4, 0.5) is 0 Å². The number of hydrogen-bond donors (Lipinski definition) is 1. The van der Waals surface area contributed by atoms with Crippen LogP contribution in [0.2, 0.25) is 0 Å². The molecule has 0 aromatic heterocycles.